The maximum absolute atomic E-state index is 4.20. The van der Waals surface area contributed by atoms with Crippen LogP contribution < -0.4 is 16.0 Å². The standard InChI is InChI=1S/C17H28N4/c1-14(15-9-5-4-6-10-15)21-17(11-7-8-12-17)13-20-16(18-2)19-3/h4-6,9-10,14,21H,7-8,11-13H2,1-3H3,(H2,18,19,20). The molecule has 0 amide bonds. The first-order valence-corrected chi connectivity index (χ1v) is 7.90. The van der Waals surface area contributed by atoms with Gasteiger partial charge in [-0.25, -0.2) is 0 Å². The molecule has 1 aliphatic carbocycles. The summed E-state index contributed by atoms with van der Waals surface area (Å²) < 4.78 is 0. The Bertz CT molecular complexity index is 449. The molecule has 1 saturated carbocycles. The van der Waals surface area contributed by atoms with E-state index in [9.17, 15) is 0 Å². The molecule has 4 heteroatoms. The van der Waals surface area contributed by atoms with Crippen molar-refractivity contribution in [3.05, 3.63) is 35.9 Å². The van der Waals surface area contributed by atoms with Gasteiger partial charge >= 0.3 is 0 Å². The highest BCUT2D eigenvalue weighted by atomic mass is 15.2. The molecule has 1 aromatic rings. The summed E-state index contributed by atoms with van der Waals surface area (Å²) in [5, 5.41) is 10.4. The number of nitrogens with zero attached hydrogens (tertiary/aromatic N) is 1. The smallest absolute Gasteiger partial charge is 0.190 e. The highest BCUT2D eigenvalue weighted by Gasteiger charge is 2.35. The number of nitrogens with one attached hydrogen (secondary N) is 3. The first kappa shape index (κ1) is 15.8. The lowest BCUT2D eigenvalue weighted by atomic mass is 9.94. The average Bonchev–Trinajstić information content (AvgIpc) is 2.98. The van der Waals surface area contributed by atoms with Gasteiger partial charge in [0, 0.05) is 32.2 Å². The van der Waals surface area contributed by atoms with Gasteiger partial charge in [-0.3, -0.25) is 4.99 Å². The molecule has 2 rings (SSSR count). The van der Waals surface area contributed by atoms with Crippen LogP contribution in [0.4, 0.5) is 0 Å². The van der Waals surface area contributed by atoms with Crippen LogP contribution in [0.5, 0.6) is 0 Å². The third-order valence-corrected chi connectivity index (χ3v) is 4.44. The molecule has 4 nitrogen and oxygen atoms in total. The summed E-state index contributed by atoms with van der Waals surface area (Å²) >= 11 is 0. The molecule has 0 bridgehead atoms. The van der Waals surface area contributed by atoms with Gasteiger partial charge in [-0.1, -0.05) is 43.2 Å². The number of aliphatic imine (C=N–C) groups is 1. The van der Waals surface area contributed by atoms with E-state index in [0.29, 0.717) is 6.04 Å². The monoisotopic (exact) mass is 288 g/mol. The molecule has 3 N–H and O–H groups in total. The zero-order valence-electron chi connectivity index (χ0n) is 13.4. The van der Waals surface area contributed by atoms with Crippen molar-refractivity contribution in [2.24, 2.45) is 4.99 Å². The van der Waals surface area contributed by atoms with Crippen molar-refractivity contribution >= 4 is 5.96 Å². The normalized spacial score (nSPS) is 19.3. The largest absolute Gasteiger partial charge is 0.359 e. The second-order valence-corrected chi connectivity index (χ2v) is 5.94. The van der Waals surface area contributed by atoms with Gasteiger partial charge < -0.3 is 16.0 Å². The number of hydrogen-bond acceptors (Lipinski definition) is 2. The summed E-state index contributed by atoms with van der Waals surface area (Å²) in [5.41, 5.74) is 1.52. The molecule has 0 heterocycles. The first-order valence-electron chi connectivity index (χ1n) is 7.90. The Balaban J connectivity index is 2.01. The molecule has 1 aliphatic rings. The minimum absolute atomic E-state index is 0.169. The van der Waals surface area contributed by atoms with E-state index in [-0.39, 0.29) is 5.54 Å². The van der Waals surface area contributed by atoms with E-state index in [2.05, 4.69) is 58.2 Å². The summed E-state index contributed by atoms with van der Waals surface area (Å²) in [4.78, 5) is 4.20. The van der Waals surface area contributed by atoms with Gasteiger partial charge in [0.2, 0.25) is 0 Å². The second kappa shape index (κ2) is 7.46. The highest BCUT2D eigenvalue weighted by Crippen LogP contribution is 2.31. The zero-order valence-corrected chi connectivity index (χ0v) is 13.4. The van der Waals surface area contributed by atoms with Gasteiger partial charge in [0.15, 0.2) is 5.96 Å². The minimum atomic E-state index is 0.169. The molecule has 1 unspecified atom stereocenters. The van der Waals surface area contributed by atoms with E-state index in [4.69, 9.17) is 0 Å². The number of benzene rings is 1. The molecule has 0 saturated heterocycles. The van der Waals surface area contributed by atoms with Crippen LogP contribution in [-0.2, 0) is 0 Å². The maximum atomic E-state index is 4.20. The van der Waals surface area contributed by atoms with E-state index in [1.807, 2.05) is 7.05 Å². The fourth-order valence-electron chi connectivity index (χ4n) is 3.24. The summed E-state index contributed by atoms with van der Waals surface area (Å²) in [6, 6.07) is 11.0. The van der Waals surface area contributed by atoms with Crippen molar-refractivity contribution < 1.29 is 0 Å². The van der Waals surface area contributed by atoms with Crippen LogP contribution in [0, 0.1) is 0 Å². The van der Waals surface area contributed by atoms with Gasteiger partial charge in [-0.2, -0.15) is 0 Å². The topological polar surface area (TPSA) is 48.5 Å². The van der Waals surface area contributed by atoms with Crippen molar-refractivity contribution in [3.8, 4) is 0 Å². The van der Waals surface area contributed by atoms with Crippen LogP contribution in [0.1, 0.15) is 44.2 Å². The Morgan fingerprint density at radius 1 is 1.24 bits per heavy atom. The second-order valence-electron chi connectivity index (χ2n) is 5.94. The fourth-order valence-corrected chi connectivity index (χ4v) is 3.24. The highest BCUT2D eigenvalue weighted by molar-refractivity contribution is 5.79. The predicted molar refractivity (Wildman–Crippen MR) is 89.6 cm³/mol. The van der Waals surface area contributed by atoms with Gasteiger partial charge in [0.1, 0.15) is 0 Å². The van der Waals surface area contributed by atoms with Crippen LogP contribution >= 0.6 is 0 Å². The molecule has 0 aromatic heterocycles. The maximum Gasteiger partial charge on any atom is 0.190 e. The molecule has 1 fully saturated rings. The lowest BCUT2D eigenvalue weighted by Crippen LogP contribution is -2.53. The zero-order chi connectivity index (χ0) is 15.1. The number of rotatable bonds is 5. The van der Waals surface area contributed by atoms with E-state index in [1.165, 1.54) is 31.2 Å². The molecular formula is C17H28N4. The van der Waals surface area contributed by atoms with Crippen LogP contribution in [-0.4, -0.2) is 32.1 Å². The van der Waals surface area contributed by atoms with E-state index in [1.54, 1.807) is 7.05 Å². The van der Waals surface area contributed by atoms with E-state index in [0.717, 1.165) is 12.5 Å². The lowest BCUT2D eigenvalue weighted by Gasteiger charge is -2.34. The van der Waals surface area contributed by atoms with E-state index >= 15 is 0 Å². The summed E-state index contributed by atoms with van der Waals surface area (Å²) in [5.74, 6) is 0.857. The SMILES string of the molecule is CN=C(NC)NCC1(NC(C)c2ccccc2)CCCC1. The summed E-state index contributed by atoms with van der Waals surface area (Å²) in [6.45, 7) is 3.17. The van der Waals surface area contributed by atoms with E-state index < -0.39 is 0 Å². The van der Waals surface area contributed by atoms with Gasteiger partial charge in [0.25, 0.3) is 0 Å². The van der Waals surface area contributed by atoms with Crippen LogP contribution in [0.25, 0.3) is 0 Å². The molecule has 1 atom stereocenters. The molecular weight excluding hydrogens is 260 g/mol. The minimum Gasteiger partial charge on any atom is -0.359 e. The number of hydrogen-bond donors (Lipinski definition) is 3. The van der Waals surface area contributed by atoms with Crippen molar-refractivity contribution in [1.29, 1.82) is 0 Å². The van der Waals surface area contributed by atoms with Gasteiger partial charge in [-0.15, -0.1) is 0 Å². The van der Waals surface area contributed by atoms with Gasteiger partial charge in [-0.05, 0) is 25.3 Å². The van der Waals surface area contributed by atoms with Crippen LogP contribution in [0.3, 0.4) is 0 Å². The Kier molecular flexibility index (Phi) is 5.62. The molecule has 116 valence electrons. The average molecular weight is 288 g/mol. The lowest BCUT2D eigenvalue weighted by molar-refractivity contribution is 0.297. The summed E-state index contributed by atoms with van der Waals surface area (Å²) in [6.07, 6.45) is 5.04. The Hall–Kier alpha value is -1.55. The van der Waals surface area contributed by atoms with Gasteiger partial charge in [0.05, 0.1) is 0 Å². The molecule has 0 aliphatic heterocycles. The first-order chi connectivity index (χ1) is 10.2. The van der Waals surface area contributed by atoms with Crippen molar-refractivity contribution in [2.75, 3.05) is 20.6 Å². The molecule has 0 radical (unpaired) electrons. The predicted octanol–water partition coefficient (Wildman–Crippen LogP) is 2.44. The van der Waals surface area contributed by atoms with Crippen LogP contribution in [0.2, 0.25) is 0 Å². The fraction of sp³-hybridized carbons (Fsp3) is 0.588. The molecule has 21 heavy (non-hydrogen) atoms. The van der Waals surface area contributed by atoms with Crippen molar-refractivity contribution in [1.82, 2.24) is 16.0 Å². The van der Waals surface area contributed by atoms with Crippen molar-refractivity contribution in [2.45, 2.75) is 44.2 Å². The third kappa shape index (κ3) is 4.21. The Morgan fingerprint density at radius 3 is 2.48 bits per heavy atom. The van der Waals surface area contributed by atoms with Crippen LogP contribution in [0.15, 0.2) is 35.3 Å². The Morgan fingerprint density at radius 2 is 1.90 bits per heavy atom. The quantitative estimate of drug-likeness (QED) is 0.576. The Labute approximate surface area is 128 Å². The summed E-state index contributed by atoms with van der Waals surface area (Å²) in [7, 11) is 3.71. The van der Waals surface area contributed by atoms with Crippen molar-refractivity contribution in [3.63, 3.8) is 0 Å². The third-order valence-electron chi connectivity index (χ3n) is 4.44. The number of guanidine groups is 1. The molecule has 1 aromatic carbocycles. The molecule has 0 spiro atoms.